The number of carbonyl (C=O) groups is 1. The molecule has 2 N–H and O–H groups in total. The Balaban J connectivity index is 2.70. The molecule has 0 unspecified atom stereocenters. The van der Waals surface area contributed by atoms with Gasteiger partial charge in [0.2, 0.25) is 0 Å². The van der Waals surface area contributed by atoms with Crippen molar-refractivity contribution >= 4 is 5.97 Å². The van der Waals surface area contributed by atoms with Gasteiger partial charge in [-0.1, -0.05) is 24.3 Å². The summed E-state index contributed by atoms with van der Waals surface area (Å²) in [5.41, 5.74) is 1.92. The summed E-state index contributed by atoms with van der Waals surface area (Å²) in [6.07, 6.45) is 0.973. The molecule has 1 rings (SSSR count). The first-order chi connectivity index (χ1) is 8.98. The van der Waals surface area contributed by atoms with E-state index in [0.29, 0.717) is 13.0 Å². The molecule has 0 radical (unpaired) electrons. The van der Waals surface area contributed by atoms with E-state index in [0.717, 1.165) is 11.1 Å². The van der Waals surface area contributed by atoms with E-state index in [9.17, 15) is 4.79 Å². The molecule has 0 bridgehead atoms. The van der Waals surface area contributed by atoms with Crippen molar-refractivity contribution in [2.24, 2.45) is 0 Å². The van der Waals surface area contributed by atoms with Crippen LogP contribution in [0.15, 0.2) is 24.3 Å². The molecule has 0 aromatic heterocycles. The number of aliphatic hydroxyl groups excluding tert-OH is 1. The lowest BCUT2D eigenvalue weighted by Crippen LogP contribution is -2.39. The number of hydrogen-bond acceptors (Lipinski definition) is 4. The fourth-order valence-corrected chi connectivity index (χ4v) is 1.83. The maximum Gasteiger partial charge on any atom is 0.309 e. The Kier molecular flexibility index (Phi) is 5.99. The van der Waals surface area contributed by atoms with E-state index in [2.05, 4.69) is 5.32 Å². The molecule has 0 spiro atoms. The van der Waals surface area contributed by atoms with Crippen LogP contribution in [0, 0.1) is 0 Å². The predicted molar refractivity (Wildman–Crippen MR) is 74.8 cm³/mol. The Morgan fingerprint density at radius 2 is 1.95 bits per heavy atom. The van der Waals surface area contributed by atoms with Gasteiger partial charge in [0.05, 0.1) is 13.5 Å². The zero-order chi connectivity index (χ0) is 14.3. The minimum atomic E-state index is -0.234. The van der Waals surface area contributed by atoms with Crippen LogP contribution in [0.4, 0.5) is 0 Å². The molecular weight excluding hydrogens is 242 g/mol. The van der Waals surface area contributed by atoms with E-state index in [-0.39, 0.29) is 24.5 Å². The van der Waals surface area contributed by atoms with E-state index in [1.165, 1.54) is 7.11 Å². The van der Waals surface area contributed by atoms with E-state index < -0.39 is 0 Å². The molecule has 0 amide bonds. The third kappa shape index (κ3) is 5.41. The Hall–Kier alpha value is -1.39. The summed E-state index contributed by atoms with van der Waals surface area (Å²) in [5.74, 6) is -0.234. The summed E-state index contributed by atoms with van der Waals surface area (Å²) in [6, 6.07) is 7.81. The molecule has 4 nitrogen and oxygen atoms in total. The Morgan fingerprint density at radius 1 is 1.32 bits per heavy atom. The van der Waals surface area contributed by atoms with Crippen molar-refractivity contribution in [2.75, 3.05) is 13.7 Å². The Bertz CT molecular complexity index is 416. The van der Waals surface area contributed by atoms with Crippen LogP contribution in [0.3, 0.4) is 0 Å². The number of ether oxygens (including phenoxy) is 1. The number of aliphatic hydroxyl groups is 1. The molecule has 0 saturated carbocycles. The van der Waals surface area contributed by atoms with E-state index in [4.69, 9.17) is 9.84 Å². The average molecular weight is 265 g/mol. The molecule has 4 heteroatoms. The quantitative estimate of drug-likeness (QED) is 0.736. The molecule has 1 aromatic carbocycles. The normalized spacial score (nSPS) is 11.4. The van der Waals surface area contributed by atoms with Crippen molar-refractivity contribution < 1.29 is 14.6 Å². The van der Waals surface area contributed by atoms with Gasteiger partial charge in [0.15, 0.2) is 0 Å². The summed E-state index contributed by atoms with van der Waals surface area (Å²) in [7, 11) is 1.40. The van der Waals surface area contributed by atoms with Crippen LogP contribution in [-0.2, 0) is 22.5 Å². The Labute approximate surface area is 114 Å². The smallest absolute Gasteiger partial charge is 0.309 e. The number of benzene rings is 1. The van der Waals surface area contributed by atoms with Crippen molar-refractivity contribution in [3.05, 3.63) is 35.4 Å². The second kappa shape index (κ2) is 7.26. The van der Waals surface area contributed by atoms with E-state index in [1.54, 1.807) is 0 Å². The van der Waals surface area contributed by atoms with Gasteiger partial charge in [0, 0.05) is 18.7 Å². The SMILES string of the molecule is COC(=O)Cc1ccccc1CNC(C)(C)CCO. The topological polar surface area (TPSA) is 58.6 Å². The van der Waals surface area contributed by atoms with Crippen molar-refractivity contribution in [3.63, 3.8) is 0 Å². The second-order valence-corrected chi connectivity index (χ2v) is 5.23. The van der Waals surface area contributed by atoms with Gasteiger partial charge < -0.3 is 15.2 Å². The highest BCUT2D eigenvalue weighted by Crippen LogP contribution is 2.13. The first kappa shape index (κ1) is 15.7. The molecule has 0 heterocycles. The zero-order valence-corrected chi connectivity index (χ0v) is 11.9. The van der Waals surface area contributed by atoms with Gasteiger partial charge in [-0.05, 0) is 31.4 Å². The molecule has 0 saturated heterocycles. The summed E-state index contributed by atoms with van der Waals surface area (Å²) in [4.78, 5) is 11.4. The van der Waals surface area contributed by atoms with Crippen LogP contribution >= 0.6 is 0 Å². The summed E-state index contributed by atoms with van der Waals surface area (Å²) >= 11 is 0. The van der Waals surface area contributed by atoms with Gasteiger partial charge in [0.25, 0.3) is 0 Å². The first-order valence-electron chi connectivity index (χ1n) is 6.48. The summed E-state index contributed by atoms with van der Waals surface area (Å²) in [5, 5.41) is 12.4. The number of methoxy groups -OCH3 is 1. The molecular formula is C15H23NO3. The number of hydrogen-bond donors (Lipinski definition) is 2. The van der Waals surface area contributed by atoms with Crippen molar-refractivity contribution in [1.29, 1.82) is 0 Å². The number of nitrogens with one attached hydrogen (secondary N) is 1. The van der Waals surface area contributed by atoms with Crippen molar-refractivity contribution in [3.8, 4) is 0 Å². The van der Waals surface area contributed by atoms with Crippen LogP contribution in [0.25, 0.3) is 0 Å². The molecule has 0 atom stereocenters. The highest BCUT2D eigenvalue weighted by Gasteiger charge is 2.16. The molecule has 106 valence electrons. The third-order valence-corrected chi connectivity index (χ3v) is 3.18. The van der Waals surface area contributed by atoms with Crippen molar-refractivity contribution in [2.45, 2.75) is 38.8 Å². The highest BCUT2D eigenvalue weighted by molar-refractivity contribution is 5.72. The number of carbonyl (C=O) groups excluding carboxylic acids is 1. The van der Waals surface area contributed by atoms with Crippen LogP contribution in [0.1, 0.15) is 31.4 Å². The van der Waals surface area contributed by atoms with Gasteiger partial charge in [-0.25, -0.2) is 0 Å². The highest BCUT2D eigenvalue weighted by atomic mass is 16.5. The Morgan fingerprint density at radius 3 is 2.53 bits per heavy atom. The minimum absolute atomic E-state index is 0.132. The van der Waals surface area contributed by atoms with Gasteiger partial charge in [0.1, 0.15) is 0 Å². The van der Waals surface area contributed by atoms with Crippen molar-refractivity contribution in [1.82, 2.24) is 5.32 Å². The van der Waals surface area contributed by atoms with Gasteiger partial charge in [-0.2, -0.15) is 0 Å². The largest absolute Gasteiger partial charge is 0.469 e. The molecule has 0 aliphatic heterocycles. The third-order valence-electron chi connectivity index (χ3n) is 3.18. The molecule has 19 heavy (non-hydrogen) atoms. The minimum Gasteiger partial charge on any atom is -0.469 e. The monoisotopic (exact) mass is 265 g/mol. The van der Waals surface area contributed by atoms with Gasteiger partial charge in [-0.15, -0.1) is 0 Å². The molecule has 0 aliphatic carbocycles. The summed E-state index contributed by atoms with van der Waals surface area (Å²) < 4.78 is 4.70. The lowest BCUT2D eigenvalue weighted by Gasteiger charge is -2.26. The van der Waals surface area contributed by atoms with Crippen LogP contribution in [0.2, 0.25) is 0 Å². The lowest BCUT2D eigenvalue weighted by atomic mass is 9.99. The predicted octanol–water partition coefficient (Wildman–Crippen LogP) is 1.65. The molecule has 0 fully saturated rings. The van der Waals surface area contributed by atoms with E-state index >= 15 is 0 Å². The van der Waals surface area contributed by atoms with Gasteiger partial charge in [-0.3, -0.25) is 4.79 Å². The summed E-state index contributed by atoms with van der Waals surface area (Å²) in [6.45, 7) is 4.92. The fraction of sp³-hybridized carbons (Fsp3) is 0.533. The zero-order valence-electron chi connectivity index (χ0n) is 11.9. The maximum absolute atomic E-state index is 11.4. The lowest BCUT2D eigenvalue weighted by molar-refractivity contribution is -0.139. The number of rotatable bonds is 7. The van der Waals surface area contributed by atoms with Crippen LogP contribution in [0.5, 0.6) is 0 Å². The maximum atomic E-state index is 11.4. The second-order valence-electron chi connectivity index (χ2n) is 5.23. The molecule has 0 aliphatic rings. The van der Waals surface area contributed by atoms with Gasteiger partial charge >= 0.3 is 5.97 Å². The number of esters is 1. The molecule has 1 aromatic rings. The average Bonchev–Trinajstić information content (AvgIpc) is 2.37. The van der Waals surface area contributed by atoms with Crippen LogP contribution in [-0.4, -0.2) is 30.3 Å². The van der Waals surface area contributed by atoms with Crippen LogP contribution < -0.4 is 5.32 Å². The first-order valence-corrected chi connectivity index (χ1v) is 6.48. The standard InChI is InChI=1S/C15H23NO3/c1-15(2,8-9-17)16-11-13-7-5-4-6-12(13)10-14(18)19-3/h4-7,16-17H,8-11H2,1-3H3. The van der Waals surface area contributed by atoms with E-state index in [1.807, 2.05) is 38.1 Å². The fourth-order valence-electron chi connectivity index (χ4n) is 1.83.